The smallest absolute Gasteiger partial charge is 0.243 e. The normalized spacial score (nSPS) is 16.4. The van der Waals surface area contributed by atoms with Crippen LogP contribution in [0.5, 0.6) is 0 Å². The van der Waals surface area contributed by atoms with Gasteiger partial charge in [0.25, 0.3) is 0 Å². The Morgan fingerprint density at radius 2 is 2.03 bits per heavy atom. The maximum Gasteiger partial charge on any atom is 0.243 e. The Balaban J connectivity index is 1.49. The molecule has 0 aliphatic carbocycles. The van der Waals surface area contributed by atoms with Crippen LogP contribution in [-0.4, -0.2) is 37.0 Å². The molecule has 3 aromatic rings. The van der Waals surface area contributed by atoms with Crippen molar-refractivity contribution in [2.45, 2.75) is 24.7 Å². The molecule has 9 heteroatoms. The molecule has 1 aliphatic heterocycles. The standard InChI is InChI=1S/C20H22N4O2S3/c1-15-7-9-24(10-8-15)29(25,26)18-6-2-4-16(12-18)19-14-28-20(22-19)23-21-13-17-5-3-11-27-17/h2-6,11-15H,7-10H2,1H3,(H,22,23). The summed E-state index contributed by atoms with van der Waals surface area (Å²) in [6, 6.07) is 11.0. The van der Waals surface area contributed by atoms with E-state index in [0.29, 0.717) is 29.0 Å². The molecular formula is C20H22N4O2S3. The number of benzene rings is 1. The van der Waals surface area contributed by atoms with E-state index in [-0.39, 0.29) is 0 Å². The second-order valence-corrected chi connectivity index (χ2v) is 10.8. The molecule has 0 spiro atoms. The Bertz CT molecular complexity index is 1080. The summed E-state index contributed by atoms with van der Waals surface area (Å²) in [4.78, 5) is 5.91. The first-order chi connectivity index (χ1) is 14.0. The summed E-state index contributed by atoms with van der Waals surface area (Å²) >= 11 is 3.04. The van der Waals surface area contributed by atoms with Crippen LogP contribution >= 0.6 is 22.7 Å². The number of thiazole rings is 1. The van der Waals surface area contributed by atoms with Gasteiger partial charge in [0.05, 0.1) is 16.8 Å². The quantitative estimate of drug-likeness (QED) is 0.438. The second kappa shape index (κ2) is 8.74. The topological polar surface area (TPSA) is 74.7 Å². The van der Waals surface area contributed by atoms with Gasteiger partial charge in [0.2, 0.25) is 15.2 Å². The van der Waals surface area contributed by atoms with Gasteiger partial charge in [0.1, 0.15) is 0 Å². The van der Waals surface area contributed by atoms with Crippen LogP contribution in [0.2, 0.25) is 0 Å². The summed E-state index contributed by atoms with van der Waals surface area (Å²) < 4.78 is 27.6. The molecule has 2 aromatic heterocycles. The SMILES string of the molecule is CC1CCN(S(=O)(=O)c2cccc(-c3csc(NN=Cc4cccs4)n3)c2)CC1. The first kappa shape index (κ1) is 20.2. The van der Waals surface area contributed by atoms with Gasteiger partial charge in [-0.2, -0.15) is 9.41 Å². The highest BCUT2D eigenvalue weighted by molar-refractivity contribution is 7.89. The molecule has 0 saturated carbocycles. The number of hydrazone groups is 1. The maximum absolute atomic E-state index is 13.0. The van der Waals surface area contributed by atoms with Crippen molar-refractivity contribution < 1.29 is 8.42 Å². The number of thiophene rings is 1. The molecule has 3 heterocycles. The number of aromatic nitrogens is 1. The van der Waals surface area contributed by atoms with Gasteiger partial charge in [-0.1, -0.05) is 25.1 Å². The van der Waals surface area contributed by atoms with Gasteiger partial charge in [-0.05, 0) is 42.3 Å². The molecule has 6 nitrogen and oxygen atoms in total. The Kier molecular flexibility index (Phi) is 6.09. The zero-order valence-electron chi connectivity index (χ0n) is 16.0. The van der Waals surface area contributed by atoms with Gasteiger partial charge in [0.15, 0.2) is 0 Å². The Morgan fingerprint density at radius 3 is 2.79 bits per heavy atom. The van der Waals surface area contributed by atoms with Crippen LogP contribution in [0, 0.1) is 5.92 Å². The van der Waals surface area contributed by atoms with Crippen molar-refractivity contribution in [2.75, 3.05) is 18.5 Å². The summed E-state index contributed by atoms with van der Waals surface area (Å²) in [6.07, 6.45) is 3.57. The van der Waals surface area contributed by atoms with Crippen LogP contribution in [0.3, 0.4) is 0 Å². The first-order valence-corrected chi connectivity index (χ1v) is 12.6. The van der Waals surface area contributed by atoms with Crippen molar-refractivity contribution in [3.63, 3.8) is 0 Å². The van der Waals surface area contributed by atoms with Gasteiger partial charge in [-0.15, -0.1) is 22.7 Å². The average molecular weight is 447 g/mol. The fraction of sp³-hybridized carbons (Fsp3) is 0.300. The largest absolute Gasteiger partial charge is 0.253 e. The molecule has 0 bridgehead atoms. The molecule has 1 N–H and O–H groups in total. The van der Waals surface area contributed by atoms with E-state index in [9.17, 15) is 8.42 Å². The number of hydrogen-bond acceptors (Lipinski definition) is 7. The zero-order chi connectivity index (χ0) is 20.3. The van der Waals surface area contributed by atoms with E-state index in [2.05, 4.69) is 22.4 Å². The van der Waals surface area contributed by atoms with Crippen molar-refractivity contribution in [3.8, 4) is 11.3 Å². The minimum Gasteiger partial charge on any atom is -0.253 e. The summed E-state index contributed by atoms with van der Waals surface area (Å²) in [7, 11) is -3.48. The fourth-order valence-electron chi connectivity index (χ4n) is 3.16. The molecule has 4 rings (SSSR count). The van der Waals surface area contributed by atoms with E-state index in [1.165, 1.54) is 11.3 Å². The van der Waals surface area contributed by atoms with Crippen LogP contribution in [-0.2, 0) is 10.0 Å². The van der Waals surface area contributed by atoms with Gasteiger partial charge >= 0.3 is 0 Å². The molecule has 0 atom stereocenters. The van der Waals surface area contributed by atoms with Crippen molar-refractivity contribution in [2.24, 2.45) is 11.0 Å². The van der Waals surface area contributed by atoms with E-state index in [0.717, 1.165) is 29.0 Å². The van der Waals surface area contributed by atoms with E-state index in [4.69, 9.17) is 0 Å². The highest BCUT2D eigenvalue weighted by Crippen LogP contribution is 2.29. The zero-order valence-corrected chi connectivity index (χ0v) is 18.4. The predicted molar refractivity (Wildman–Crippen MR) is 120 cm³/mol. The number of sulfonamides is 1. The van der Waals surface area contributed by atoms with E-state index in [1.54, 1.807) is 40.1 Å². The third-order valence-corrected chi connectivity index (χ3v) is 8.36. The summed E-state index contributed by atoms with van der Waals surface area (Å²) in [6.45, 7) is 3.34. The number of rotatable bonds is 6. The number of hydrogen-bond donors (Lipinski definition) is 1. The van der Waals surface area contributed by atoms with Crippen LogP contribution in [0.15, 0.2) is 57.2 Å². The third-order valence-electron chi connectivity index (χ3n) is 4.91. The second-order valence-electron chi connectivity index (χ2n) is 7.04. The van der Waals surface area contributed by atoms with Crippen LogP contribution < -0.4 is 5.43 Å². The van der Waals surface area contributed by atoms with Gasteiger partial charge in [-0.25, -0.2) is 13.4 Å². The predicted octanol–water partition coefficient (Wildman–Crippen LogP) is 4.74. The van der Waals surface area contributed by atoms with Crippen molar-refractivity contribution in [3.05, 3.63) is 52.0 Å². The van der Waals surface area contributed by atoms with Gasteiger partial charge < -0.3 is 0 Å². The Morgan fingerprint density at radius 1 is 1.21 bits per heavy atom. The van der Waals surface area contributed by atoms with Crippen LogP contribution in [0.4, 0.5) is 5.13 Å². The number of nitrogens with zero attached hydrogens (tertiary/aromatic N) is 3. The lowest BCUT2D eigenvalue weighted by atomic mass is 10.0. The van der Waals surface area contributed by atoms with Crippen LogP contribution in [0.1, 0.15) is 24.6 Å². The minimum absolute atomic E-state index is 0.322. The lowest BCUT2D eigenvalue weighted by Crippen LogP contribution is -2.37. The molecule has 0 radical (unpaired) electrons. The van der Waals surface area contributed by atoms with Gasteiger partial charge in [0, 0.05) is 28.9 Å². The first-order valence-electron chi connectivity index (χ1n) is 9.41. The highest BCUT2D eigenvalue weighted by Gasteiger charge is 2.28. The van der Waals surface area contributed by atoms with E-state index >= 15 is 0 Å². The molecule has 1 fully saturated rings. The van der Waals surface area contributed by atoms with Crippen molar-refractivity contribution >= 4 is 44.0 Å². The lowest BCUT2D eigenvalue weighted by Gasteiger charge is -2.29. The van der Waals surface area contributed by atoms with E-state index < -0.39 is 10.0 Å². The molecule has 29 heavy (non-hydrogen) atoms. The summed E-state index contributed by atoms with van der Waals surface area (Å²) in [5, 5.41) is 8.75. The fourth-order valence-corrected chi connectivity index (χ4v) is 5.93. The summed E-state index contributed by atoms with van der Waals surface area (Å²) in [5.41, 5.74) is 4.44. The lowest BCUT2D eigenvalue weighted by molar-refractivity contribution is 0.288. The van der Waals surface area contributed by atoms with E-state index in [1.807, 2.05) is 29.0 Å². The molecule has 1 aromatic carbocycles. The number of anilines is 1. The molecule has 152 valence electrons. The third kappa shape index (κ3) is 4.75. The Labute approximate surface area is 179 Å². The molecule has 1 saturated heterocycles. The molecular weight excluding hydrogens is 424 g/mol. The highest BCUT2D eigenvalue weighted by atomic mass is 32.2. The molecule has 0 amide bonds. The van der Waals surface area contributed by atoms with Crippen molar-refractivity contribution in [1.29, 1.82) is 0 Å². The molecule has 0 unspecified atom stereocenters. The molecule has 1 aliphatic rings. The maximum atomic E-state index is 13.0. The summed E-state index contributed by atoms with van der Waals surface area (Å²) in [5.74, 6) is 0.580. The monoisotopic (exact) mass is 446 g/mol. The Hall–Kier alpha value is -2.07. The van der Waals surface area contributed by atoms with Crippen LogP contribution in [0.25, 0.3) is 11.3 Å². The van der Waals surface area contributed by atoms with Crippen molar-refractivity contribution in [1.82, 2.24) is 9.29 Å². The van der Waals surface area contributed by atoms with Gasteiger partial charge in [-0.3, -0.25) is 5.43 Å². The number of piperidine rings is 1. The minimum atomic E-state index is -3.48. The average Bonchev–Trinajstić information content (AvgIpc) is 3.41. The number of nitrogens with one attached hydrogen (secondary N) is 1.